The summed E-state index contributed by atoms with van der Waals surface area (Å²) in [6.45, 7) is 6.61. The molecule has 1 fully saturated rings. The first-order valence-corrected chi connectivity index (χ1v) is 7.73. The Kier molecular flexibility index (Phi) is 8.11. The predicted molar refractivity (Wildman–Crippen MR) is 79.8 cm³/mol. The second-order valence-electron chi connectivity index (χ2n) is 5.47. The Morgan fingerprint density at radius 1 is 1.30 bits per heavy atom. The number of methoxy groups -OCH3 is 2. The van der Waals surface area contributed by atoms with Gasteiger partial charge in [0.15, 0.2) is 0 Å². The Hall–Kier alpha value is -0.650. The van der Waals surface area contributed by atoms with Crippen LogP contribution in [0.5, 0.6) is 0 Å². The summed E-state index contributed by atoms with van der Waals surface area (Å²) in [5.41, 5.74) is 0. The smallest absolute Gasteiger partial charge is 0.324 e. The van der Waals surface area contributed by atoms with Gasteiger partial charge in [0.1, 0.15) is 6.04 Å². The van der Waals surface area contributed by atoms with Gasteiger partial charge in [-0.15, -0.1) is 0 Å². The third kappa shape index (κ3) is 5.77. The standard InChI is InChI=1S/C15H30N2O3/c1-5-13(6-2)17(9-10-19-3)11-14(15(18)20-4)16-12-7-8-12/h12-14,16H,5-11H2,1-4H3. The number of carbonyl (C=O) groups excluding carboxylic acids is 1. The van der Waals surface area contributed by atoms with Crippen molar-refractivity contribution < 1.29 is 14.3 Å². The van der Waals surface area contributed by atoms with Crippen LogP contribution in [0.2, 0.25) is 0 Å². The molecule has 1 aliphatic rings. The van der Waals surface area contributed by atoms with Gasteiger partial charge in [-0.1, -0.05) is 13.8 Å². The molecule has 5 heteroatoms. The van der Waals surface area contributed by atoms with Crippen LogP contribution in [-0.4, -0.2) is 62.9 Å². The maximum absolute atomic E-state index is 11.9. The van der Waals surface area contributed by atoms with Gasteiger partial charge in [0.2, 0.25) is 0 Å². The minimum absolute atomic E-state index is 0.162. The lowest BCUT2D eigenvalue weighted by molar-refractivity contribution is -0.144. The molecule has 1 rings (SSSR count). The van der Waals surface area contributed by atoms with E-state index in [1.54, 1.807) is 7.11 Å². The summed E-state index contributed by atoms with van der Waals surface area (Å²) in [4.78, 5) is 14.3. The van der Waals surface area contributed by atoms with Gasteiger partial charge in [-0.3, -0.25) is 9.69 Å². The number of hydrogen-bond donors (Lipinski definition) is 1. The fourth-order valence-electron chi connectivity index (χ4n) is 2.54. The third-order valence-electron chi connectivity index (χ3n) is 3.96. The number of esters is 1. The molecule has 1 aliphatic carbocycles. The highest BCUT2D eigenvalue weighted by molar-refractivity contribution is 5.76. The van der Waals surface area contributed by atoms with Crippen LogP contribution in [0.3, 0.4) is 0 Å². The fourth-order valence-corrected chi connectivity index (χ4v) is 2.54. The topological polar surface area (TPSA) is 50.8 Å². The van der Waals surface area contributed by atoms with Crippen molar-refractivity contribution in [3.8, 4) is 0 Å². The van der Waals surface area contributed by atoms with Crippen LogP contribution >= 0.6 is 0 Å². The summed E-state index contributed by atoms with van der Waals surface area (Å²) in [7, 11) is 3.17. The Morgan fingerprint density at radius 3 is 2.40 bits per heavy atom. The monoisotopic (exact) mass is 286 g/mol. The van der Waals surface area contributed by atoms with E-state index in [9.17, 15) is 4.79 Å². The van der Waals surface area contributed by atoms with E-state index < -0.39 is 0 Å². The molecule has 20 heavy (non-hydrogen) atoms. The number of nitrogens with zero attached hydrogens (tertiary/aromatic N) is 1. The first kappa shape index (κ1) is 17.4. The van der Waals surface area contributed by atoms with Crippen molar-refractivity contribution in [1.29, 1.82) is 0 Å². The second-order valence-corrected chi connectivity index (χ2v) is 5.47. The van der Waals surface area contributed by atoms with Crippen molar-refractivity contribution in [3.63, 3.8) is 0 Å². The van der Waals surface area contributed by atoms with Gasteiger partial charge in [0.25, 0.3) is 0 Å². The van der Waals surface area contributed by atoms with Gasteiger partial charge >= 0.3 is 5.97 Å². The Bertz CT molecular complexity index is 278. The quantitative estimate of drug-likeness (QED) is 0.582. The molecule has 0 aromatic rings. The molecule has 0 amide bonds. The summed E-state index contributed by atoms with van der Waals surface area (Å²) in [6, 6.07) is 0.744. The zero-order valence-corrected chi connectivity index (χ0v) is 13.4. The van der Waals surface area contributed by atoms with Crippen LogP contribution in [0.15, 0.2) is 0 Å². The minimum atomic E-state index is -0.232. The molecule has 0 bridgehead atoms. The number of ether oxygens (including phenoxy) is 2. The number of carbonyl (C=O) groups is 1. The zero-order chi connectivity index (χ0) is 15.0. The molecule has 1 N–H and O–H groups in total. The van der Waals surface area contributed by atoms with Gasteiger partial charge < -0.3 is 14.8 Å². The van der Waals surface area contributed by atoms with E-state index in [0.29, 0.717) is 25.2 Å². The molecule has 0 spiro atoms. The Balaban J connectivity index is 2.62. The molecule has 0 aliphatic heterocycles. The highest BCUT2D eigenvalue weighted by Crippen LogP contribution is 2.20. The van der Waals surface area contributed by atoms with Crippen LogP contribution in [0.1, 0.15) is 39.5 Å². The first-order chi connectivity index (χ1) is 9.65. The molecule has 1 unspecified atom stereocenters. The number of rotatable bonds is 11. The van der Waals surface area contributed by atoms with Crippen molar-refractivity contribution in [2.24, 2.45) is 0 Å². The highest BCUT2D eigenvalue weighted by atomic mass is 16.5. The predicted octanol–water partition coefficient (Wildman–Crippen LogP) is 1.42. The molecule has 1 atom stereocenters. The van der Waals surface area contributed by atoms with Crippen molar-refractivity contribution in [2.45, 2.75) is 57.7 Å². The maximum Gasteiger partial charge on any atom is 0.324 e. The summed E-state index contributed by atoms with van der Waals surface area (Å²) >= 11 is 0. The second kappa shape index (κ2) is 9.32. The molecule has 1 saturated carbocycles. The van der Waals surface area contributed by atoms with Crippen molar-refractivity contribution in [1.82, 2.24) is 10.2 Å². The average Bonchev–Trinajstić information content (AvgIpc) is 3.27. The number of hydrogen-bond acceptors (Lipinski definition) is 5. The number of nitrogens with one attached hydrogen (secondary N) is 1. The Morgan fingerprint density at radius 2 is 1.95 bits per heavy atom. The third-order valence-corrected chi connectivity index (χ3v) is 3.96. The van der Waals surface area contributed by atoms with Crippen LogP contribution in [0.4, 0.5) is 0 Å². The van der Waals surface area contributed by atoms with E-state index in [0.717, 1.165) is 32.2 Å². The van der Waals surface area contributed by atoms with E-state index in [2.05, 4.69) is 24.1 Å². The molecule has 0 radical (unpaired) electrons. The van der Waals surface area contributed by atoms with Crippen LogP contribution in [0.25, 0.3) is 0 Å². The molecular weight excluding hydrogens is 256 g/mol. The molecular formula is C15H30N2O3. The molecule has 5 nitrogen and oxygen atoms in total. The SMILES string of the molecule is CCC(CC)N(CCOC)CC(NC1CC1)C(=O)OC. The Labute approximate surface area is 123 Å². The molecule has 118 valence electrons. The van der Waals surface area contributed by atoms with E-state index in [1.165, 1.54) is 7.11 Å². The van der Waals surface area contributed by atoms with Gasteiger partial charge in [0.05, 0.1) is 13.7 Å². The lowest BCUT2D eigenvalue weighted by atomic mass is 10.1. The normalized spacial score (nSPS) is 16.7. The van der Waals surface area contributed by atoms with E-state index in [4.69, 9.17) is 9.47 Å². The lowest BCUT2D eigenvalue weighted by Gasteiger charge is -2.33. The van der Waals surface area contributed by atoms with Gasteiger partial charge in [-0.2, -0.15) is 0 Å². The zero-order valence-electron chi connectivity index (χ0n) is 13.4. The highest BCUT2D eigenvalue weighted by Gasteiger charge is 2.31. The maximum atomic E-state index is 11.9. The largest absolute Gasteiger partial charge is 0.468 e. The van der Waals surface area contributed by atoms with Crippen LogP contribution in [-0.2, 0) is 14.3 Å². The van der Waals surface area contributed by atoms with Crippen molar-refractivity contribution in [2.75, 3.05) is 33.9 Å². The summed E-state index contributed by atoms with van der Waals surface area (Å²) in [5.74, 6) is -0.162. The molecule has 0 saturated heterocycles. The van der Waals surface area contributed by atoms with Gasteiger partial charge in [0, 0.05) is 32.3 Å². The average molecular weight is 286 g/mol. The van der Waals surface area contributed by atoms with E-state index >= 15 is 0 Å². The van der Waals surface area contributed by atoms with E-state index in [-0.39, 0.29) is 12.0 Å². The van der Waals surface area contributed by atoms with Crippen LogP contribution in [0, 0.1) is 0 Å². The van der Waals surface area contributed by atoms with Crippen molar-refractivity contribution in [3.05, 3.63) is 0 Å². The summed E-state index contributed by atoms with van der Waals surface area (Å²) in [5, 5.41) is 3.39. The van der Waals surface area contributed by atoms with Gasteiger partial charge in [-0.05, 0) is 25.7 Å². The summed E-state index contributed by atoms with van der Waals surface area (Å²) < 4.78 is 10.1. The summed E-state index contributed by atoms with van der Waals surface area (Å²) in [6.07, 6.45) is 4.49. The first-order valence-electron chi connectivity index (χ1n) is 7.73. The van der Waals surface area contributed by atoms with E-state index in [1.807, 2.05) is 0 Å². The molecule has 0 aromatic heterocycles. The lowest BCUT2D eigenvalue weighted by Crippen LogP contribution is -2.51. The van der Waals surface area contributed by atoms with Crippen molar-refractivity contribution >= 4 is 5.97 Å². The van der Waals surface area contributed by atoms with Crippen LogP contribution < -0.4 is 5.32 Å². The molecule has 0 aromatic carbocycles. The molecule has 0 heterocycles. The van der Waals surface area contributed by atoms with Gasteiger partial charge in [-0.25, -0.2) is 0 Å². The minimum Gasteiger partial charge on any atom is -0.468 e. The fraction of sp³-hybridized carbons (Fsp3) is 0.933.